The van der Waals surface area contributed by atoms with Crippen LogP contribution in [0.3, 0.4) is 0 Å². The molecule has 0 spiro atoms. The Morgan fingerprint density at radius 1 is 1.05 bits per heavy atom. The molecule has 19 heavy (non-hydrogen) atoms. The van der Waals surface area contributed by atoms with Crippen molar-refractivity contribution in [3.63, 3.8) is 0 Å². The molecule has 3 aromatic carbocycles. The summed E-state index contributed by atoms with van der Waals surface area (Å²) in [5.41, 5.74) is 5.91. The minimum atomic E-state index is -0.461. The van der Waals surface area contributed by atoms with Crippen LogP contribution < -0.4 is 5.73 Å². The van der Waals surface area contributed by atoms with Crippen LogP contribution in [0.2, 0.25) is 5.02 Å². The van der Waals surface area contributed by atoms with Crippen molar-refractivity contribution in [3.8, 4) is 0 Å². The molecule has 0 heterocycles. The van der Waals surface area contributed by atoms with Gasteiger partial charge >= 0.3 is 0 Å². The number of carbonyl (C=O) groups excluding carboxylic acids is 1. The van der Waals surface area contributed by atoms with Gasteiger partial charge in [-0.1, -0.05) is 35.9 Å². The highest BCUT2D eigenvalue weighted by atomic mass is 79.9. The van der Waals surface area contributed by atoms with Crippen LogP contribution in [0.4, 0.5) is 0 Å². The van der Waals surface area contributed by atoms with Crippen LogP contribution >= 0.6 is 27.5 Å². The molecule has 0 aliphatic heterocycles. The maximum absolute atomic E-state index is 11.6. The minimum Gasteiger partial charge on any atom is -0.366 e. The fourth-order valence-electron chi connectivity index (χ4n) is 2.25. The zero-order chi connectivity index (χ0) is 13.6. The molecule has 0 aromatic heterocycles. The molecule has 2 nitrogen and oxygen atoms in total. The van der Waals surface area contributed by atoms with E-state index in [0.29, 0.717) is 15.1 Å². The van der Waals surface area contributed by atoms with Crippen molar-refractivity contribution in [1.29, 1.82) is 0 Å². The Labute approximate surface area is 123 Å². The number of primary amides is 1. The predicted molar refractivity (Wildman–Crippen MR) is 82.7 cm³/mol. The van der Waals surface area contributed by atoms with Gasteiger partial charge in [0.15, 0.2) is 0 Å². The Morgan fingerprint density at radius 3 is 2.21 bits per heavy atom. The Balaban J connectivity index is 2.55. The lowest BCUT2D eigenvalue weighted by Crippen LogP contribution is -2.11. The highest BCUT2D eigenvalue weighted by Gasteiger charge is 2.13. The highest BCUT2D eigenvalue weighted by molar-refractivity contribution is 9.10. The monoisotopic (exact) mass is 333 g/mol. The minimum absolute atomic E-state index is 0.461. The van der Waals surface area contributed by atoms with Crippen LogP contribution in [-0.4, -0.2) is 5.91 Å². The number of fused-ring (bicyclic) bond motifs is 2. The normalized spacial score (nSPS) is 11.1. The highest BCUT2D eigenvalue weighted by Crippen LogP contribution is 2.36. The van der Waals surface area contributed by atoms with Crippen LogP contribution in [0, 0.1) is 0 Å². The van der Waals surface area contributed by atoms with Gasteiger partial charge in [-0.3, -0.25) is 4.79 Å². The number of rotatable bonds is 1. The molecule has 0 saturated heterocycles. The van der Waals surface area contributed by atoms with E-state index in [2.05, 4.69) is 15.9 Å². The van der Waals surface area contributed by atoms with Gasteiger partial charge in [-0.05, 0) is 50.3 Å². The molecule has 0 radical (unpaired) electrons. The zero-order valence-electron chi connectivity index (χ0n) is 9.78. The number of halogens is 2. The summed E-state index contributed by atoms with van der Waals surface area (Å²) in [5, 5.41) is 4.31. The van der Waals surface area contributed by atoms with Gasteiger partial charge in [-0.15, -0.1) is 0 Å². The molecule has 0 fully saturated rings. The molecule has 3 rings (SSSR count). The summed E-state index contributed by atoms with van der Waals surface area (Å²) >= 11 is 9.66. The third-order valence-electron chi connectivity index (χ3n) is 3.16. The van der Waals surface area contributed by atoms with Gasteiger partial charge in [-0.2, -0.15) is 0 Å². The second-order valence-corrected chi connectivity index (χ2v) is 5.56. The molecule has 0 saturated carbocycles. The molecule has 1 amide bonds. The molecular formula is C15H9BrClNO. The maximum atomic E-state index is 11.6. The molecule has 0 atom stereocenters. The molecule has 0 bridgehead atoms. The second kappa shape index (κ2) is 4.51. The summed E-state index contributed by atoms with van der Waals surface area (Å²) < 4.78 is 0.672. The topological polar surface area (TPSA) is 43.1 Å². The van der Waals surface area contributed by atoms with Crippen molar-refractivity contribution >= 4 is 55.0 Å². The first-order valence-electron chi connectivity index (χ1n) is 5.68. The van der Waals surface area contributed by atoms with E-state index in [-0.39, 0.29) is 0 Å². The summed E-state index contributed by atoms with van der Waals surface area (Å²) in [6.45, 7) is 0. The SMILES string of the molecule is NC(=O)c1cc(Br)c(Cl)c2cc3ccccc3cc12. The lowest BCUT2D eigenvalue weighted by Gasteiger charge is -2.09. The fraction of sp³-hybridized carbons (Fsp3) is 0. The van der Waals surface area contributed by atoms with Gasteiger partial charge in [0.05, 0.1) is 5.02 Å². The van der Waals surface area contributed by atoms with Crippen LogP contribution in [0.1, 0.15) is 10.4 Å². The van der Waals surface area contributed by atoms with E-state index < -0.39 is 5.91 Å². The third-order valence-corrected chi connectivity index (χ3v) is 4.42. The smallest absolute Gasteiger partial charge is 0.249 e. The molecule has 2 N–H and O–H groups in total. The number of nitrogens with two attached hydrogens (primary N) is 1. The number of hydrogen-bond donors (Lipinski definition) is 1. The summed E-state index contributed by atoms with van der Waals surface area (Å²) in [4.78, 5) is 11.6. The van der Waals surface area contributed by atoms with Crippen molar-refractivity contribution in [1.82, 2.24) is 0 Å². The van der Waals surface area contributed by atoms with E-state index in [1.54, 1.807) is 6.07 Å². The van der Waals surface area contributed by atoms with Gasteiger partial charge in [0.1, 0.15) is 0 Å². The summed E-state index contributed by atoms with van der Waals surface area (Å²) in [6.07, 6.45) is 0. The van der Waals surface area contributed by atoms with Gasteiger partial charge in [-0.25, -0.2) is 0 Å². The van der Waals surface area contributed by atoms with Crippen molar-refractivity contribution in [2.24, 2.45) is 5.73 Å². The summed E-state index contributed by atoms with van der Waals surface area (Å²) in [6, 6.07) is 13.5. The molecular weight excluding hydrogens is 326 g/mol. The van der Waals surface area contributed by atoms with E-state index >= 15 is 0 Å². The average molecular weight is 335 g/mol. The van der Waals surface area contributed by atoms with Crippen LogP contribution in [-0.2, 0) is 0 Å². The van der Waals surface area contributed by atoms with Crippen LogP contribution in [0.15, 0.2) is 46.9 Å². The van der Waals surface area contributed by atoms with Gasteiger partial charge in [0.2, 0.25) is 5.91 Å². The molecule has 3 aromatic rings. The van der Waals surface area contributed by atoms with Crippen molar-refractivity contribution in [3.05, 3.63) is 57.5 Å². The Kier molecular flexibility index (Phi) is 2.96. The van der Waals surface area contributed by atoms with Gasteiger partial charge < -0.3 is 5.73 Å². The van der Waals surface area contributed by atoms with E-state index in [1.165, 1.54) is 0 Å². The molecule has 0 aliphatic carbocycles. The quantitative estimate of drug-likeness (QED) is 0.654. The van der Waals surface area contributed by atoms with E-state index in [4.69, 9.17) is 17.3 Å². The largest absolute Gasteiger partial charge is 0.366 e. The second-order valence-electron chi connectivity index (χ2n) is 4.33. The molecule has 0 unspecified atom stereocenters. The molecule has 4 heteroatoms. The van der Waals surface area contributed by atoms with Gasteiger partial charge in [0, 0.05) is 15.4 Å². The molecule has 94 valence electrons. The van der Waals surface area contributed by atoms with Crippen molar-refractivity contribution in [2.45, 2.75) is 0 Å². The van der Waals surface area contributed by atoms with Crippen LogP contribution in [0.25, 0.3) is 21.5 Å². The first-order chi connectivity index (χ1) is 9.08. The summed E-state index contributed by atoms with van der Waals surface area (Å²) in [7, 11) is 0. The van der Waals surface area contributed by atoms with E-state index in [1.807, 2.05) is 36.4 Å². The number of hydrogen-bond acceptors (Lipinski definition) is 1. The summed E-state index contributed by atoms with van der Waals surface area (Å²) in [5.74, 6) is -0.461. The Hall–Kier alpha value is -1.58. The van der Waals surface area contributed by atoms with Gasteiger partial charge in [0.25, 0.3) is 0 Å². The number of amides is 1. The Morgan fingerprint density at radius 2 is 1.63 bits per heavy atom. The third kappa shape index (κ3) is 1.99. The standard InChI is InChI=1S/C15H9BrClNO/c16-13-7-12(15(18)19)10-5-8-3-1-2-4-9(8)6-11(10)14(13)17/h1-7H,(H2,18,19). The zero-order valence-corrected chi connectivity index (χ0v) is 12.1. The number of benzene rings is 3. The van der Waals surface area contributed by atoms with Crippen LogP contribution in [0.5, 0.6) is 0 Å². The van der Waals surface area contributed by atoms with E-state index in [9.17, 15) is 4.79 Å². The molecule has 0 aliphatic rings. The predicted octanol–water partition coefficient (Wildman–Crippen LogP) is 4.51. The maximum Gasteiger partial charge on any atom is 0.249 e. The van der Waals surface area contributed by atoms with Crippen molar-refractivity contribution in [2.75, 3.05) is 0 Å². The lowest BCUT2D eigenvalue weighted by atomic mass is 9.99. The lowest BCUT2D eigenvalue weighted by molar-refractivity contribution is 0.100. The fourth-order valence-corrected chi connectivity index (χ4v) is 2.90. The first kappa shape index (κ1) is 12.5. The van der Waals surface area contributed by atoms with E-state index in [0.717, 1.165) is 21.5 Å². The first-order valence-corrected chi connectivity index (χ1v) is 6.85. The average Bonchev–Trinajstić information content (AvgIpc) is 2.41. The number of carbonyl (C=O) groups is 1. The Bertz CT molecular complexity index is 829. The van der Waals surface area contributed by atoms with Crippen molar-refractivity contribution < 1.29 is 4.79 Å².